The van der Waals surface area contributed by atoms with Crippen molar-refractivity contribution in [2.24, 2.45) is 11.8 Å². The van der Waals surface area contributed by atoms with Crippen LogP contribution in [-0.2, 0) is 14.3 Å². The number of rotatable bonds is 6. The third-order valence-corrected chi connectivity index (χ3v) is 4.26. The number of carbonyl (C=O) groups is 2. The summed E-state index contributed by atoms with van der Waals surface area (Å²) in [6.45, 7) is 7.74. The molecule has 0 aromatic carbocycles. The van der Waals surface area contributed by atoms with Gasteiger partial charge in [-0.05, 0) is 31.1 Å². The molecule has 0 aromatic heterocycles. The van der Waals surface area contributed by atoms with E-state index < -0.39 is 6.04 Å². The molecule has 21 heavy (non-hydrogen) atoms. The van der Waals surface area contributed by atoms with E-state index in [1.807, 2.05) is 18.7 Å². The normalized spacial score (nSPS) is 21.0. The van der Waals surface area contributed by atoms with E-state index in [1.54, 1.807) is 0 Å². The van der Waals surface area contributed by atoms with E-state index in [1.165, 1.54) is 20.0 Å². The number of hydrogen-bond acceptors (Lipinski definition) is 3. The SMILES string of the molecule is CCC1CCCN(C(=O)[C@@H](NC(=O)COC)C(C)C)CC1. The summed E-state index contributed by atoms with van der Waals surface area (Å²) >= 11 is 0. The van der Waals surface area contributed by atoms with Gasteiger partial charge in [0, 0.05) is 20.2 Å². The van der Waals surface area contributed by atoms with Gasteiger partial charge in [0.05, 0.1) is 0 Å². The molecule has 1 fully saturated rings. The van der Waals surface area contributed by atoms with Gasteiger partial charge in [0.2, 0.25) is 11.8 Å². The zero-order chi connectivity index (χ0) is 15.8. The van der Waals surface area contributed by atoms with Gasteiger partial charge >= 0.3 is 0 Å². The van der Waals surface area contributed by atoms with Gasteiger partial charge in [0.25, 0.3) is 0 Å². The minimum atomic E-state index is -0.453. The lowest BCUT2D eigenvalue weighted by Crippen LogP contribution is -2.52. The van der Waals surface area contributed by atoms with E-state index in [0.29, 0.717) is 0 Å². The number of hydrogen-bond donors (Lipinski definition) is 1. The van der Waals surface area contributed by atoms with Crippen LogP contribution in [0.15, 0.2) is 0 Å². The molecule has 1 aliphatic rings. The standard InChI is InChI=1S/C16H30N2O3/c1-5-13-7-6-9-18(10-8-13)16(20)15(12(2)3)17-14(19)11-21-4/h12-13,15H,5-11H2,1-4H3,(H,17,19)/t13?,15-/m0/s1. The molecule has 2 atom stereocenters. The second kappa shape index (κ2) is 9.03. The van der Waals surface area contributed by atoms with Gasteiger partial charge in [-0.3, -0.25) is 9.59 Å². The molecule has 0 saturated carbocycles. The largest absolute Gasteiger partial charge is 0.375 e. The van der Waals surface area contributed by atoms with Gasteiger partial charge in [-0.2, -0.15) is 0 Å². The molecule has 5 heteroatoms. The number of amides is 2. The van der Waals surface area contributed by atoms with Gasteiger partial charge in [0.15, 0.2) is 0 Å². The van der Waals surface area contributed by atoms with E-state index in [-0.39, 0.29) is 24.3 Å². The van der Waals surface area contributed by atoms with Crippen LogP contribution < -0.4 is 5.32 Å². The second-order valence-corrected chi connectivity index (χ2v) is 6.25. The first-order chi connectivity index (χ1) is 9.99. The highest BCUT2D eigenvalue weighted by Crippen LogP contribution is 2.21. The predicted molar refractivity (Wildman–Crippen MR) is 82.9 cm³/mol. The van der Waals surface area contributed by atoms with Gasteiger partial charge in [0.1, 0.15) is 12.6 Å². The van der Waals surface area contributed by atoms with Crippen LogP contribution in [0.2, 0.25) is 0 Å². The van der Waals surface area contributed by atoms with Crippen LogP contribution >= 0.6 is 0 Å². The van der Waals surface area contributed by atoms with Crippen LogP contribution in [-0.4, -0.2) is 49.6 Å². The molecule has 2 amide bonds. The molecule has 1 aliphatic heterocycles. The maximum atomic E-state index is 12.7. The quantitative estimate of drug-likeness (QED) is 0.813. The average molecular weight is 298 g/mol. The highest BCUT2D eigenvalue weighted by atomic mass is 16.5. The molecule has 1 N–H and O–H groups in total. The third kappa shape index (κ3) is 5.65. The van der Waals surface area contributed by atoms with E-state index in [2.05, 4.69) is 12.2 Å². The van der Waals surface area contributed by atoms with Gasteiger partial charge in [-0.1, -0.05) is 27.2 Å². The van der Waals surface area contributed by atoms with Crippen molar-refractivity contribution in [2.45, 2.75) is 52.5 Å². The first-order valence-electron chi connectivity index (χ1n) is 8.06. The van der Waals surface area contributed by atoms with E-state index >= 15 is 0 Å². The Morgan fingerprint density at radius 1 is 1.29 bits per heavy atom. The first-order valence-corrected chi connectivity index (χ1v) is 8.06. The summed E-state index contributed by atoms with van der Waals surface area (Å²) in [7, 11) is 1.48. The monoisotopic (exact) mass is 298 g/mol. The molecule has 1 unspecified atom stereocenters. The Balaban J connectivity index is 2.65. The first kappa shape index (κ1) is 18.0. The summed E-state index contributed by atoms with van der Waals surface area (Å²) in [6, 6.07) is -0.453. The zero-order valence-corrected chi connectivity index (χ0v) is 13.9. The van der Waals surface area contributed by atoms with E-state index in [4.69, 9.17) is 4.74 Å². The predicted octanol–water partition coefficient (Wildman–Crippen LogP) is 1.81. The Kier molecular flexibility index (Phi) is 7.72. The fourth-order valence-corrected chi connectivity index (χ4v) is 2.85. The molecule has 1 saturated heterocycles. The maximum Gasteiger partial charge on any atom is 0.246 e. The van der Waals surface area contributed by atoms with Crippen molar-refractivity contribution < 1.29 is 14.3 Å². The van der Waals surface area contributed by atoms with Crippen molar-refractivity contribution in [3.05, 3.63) is 0 Å². The number of carbonyl (C=O) groups excluding carboxylic acids is 2. The third-order valence-electron chi connectivity index (χ3n) is 4.26. The number of likely N-dealkylation sites (tertiary alicyclic amines) is 1. The van der Waals surface area contributed by atoms with E-state index in [9.17, 15) is 9.59 Å². The van der Waals surface area contributed by atoms with Crippen molar-refractivity contribution in [3.63, 3.8) is 0 Å². The highest BCUT2D eigenvalue weighted by molar-refractivity contribution is 5.88. The lowest BCUT2D eigenvalue weighted by atomic mass is 9.98. The summed E-state index contributed by atoms with van der Waals surface area (Å²) in [4.78, 5) is 26.3. The van der Waals surface area contributed by atoms with Gasteiger partial charge in [-0.15, -0.1) is 0 Å². The number of methoxy groups -OCH3 is 1. The van der Waals surface area contributed by atoms with Crippen molar-refractivity contribution >= 4 is 11.8 Å². The summed E-state index contributed by atoms with van der Waals surface area (Å²) < 4.78 is 4.82. The molecule has 0 aliphatic carbocycles. The Morgan fingerprint density at radius 3 is 2.57 bits per heavy atom. The van der Waals surface area contributed by atoms with Crippen LogP contribution in [0, 0.1) is 11.8 Å². The van der Waals surface area contributed by atoms with Crippen molar-refractivity contribution in [1.29, 1.82) is 0 Å². The molecule has 0 radical (unpaired) electrons. The molecule has 0 aromatic rings. The van der Waals surface area contributed by atoms with Crippen LogP contribution in [0.3, 0.4) is 0 Å². The molecule has 5 nitrogen and oxygen atoms in total. The Morgan fingerprint density at radius 2 is 2.00 bits per heavy atom. The minimum Gasteiger partial charge on any atom is -0.375 e. The Bertz CT molecular complexity index is 344. The second-order valence-electron chi connectivity index (χ2n) is 6.25. The summed E-state index contributed by atoms with van der Waals surface area (Å²) in [5.74, 6) is 0.615. The fourth-order valence-electron chi connectivity index (χ4n) is 2.85. The molecule has 0 bridgehead atoms. The number of ether oxygens (including phenoxy) is 1. The van der Waals surface area contributed by atoms with Gasteiger partial charge in [-0.25, -0.2) is 0 Å². The topological polar surface area (TPSA) is 58.6 Å². The van der Waals surface area contributed by atoms with Crippen LogP contribution in [0.4, 0.5) is 0 Å². The van der Waals surface area contributed by atoms with Crippen LogP contribution in [0.1, 0.15) is 46.5 Å². The molecule has 0 spiro atoms. The molecule has 1 rings (SSSR count). The van der Waals surface area contributed by atoms with Crippen LogP contribution in [0.25, 0.3) is 0 Å². The Hall–Kier alpha value is -1.10. The summed E-state index contributed by atoms with van der Waals surface area (Å²) in [5.41, 5.74) is 0. The smallest absolute Gasteiger partial charge is 0.246 e. The number of nitrogens with one attached hydrogen (secondary N) is 1. The average Bonchev–Trinajstić information content (AvgIpc) is 2.69. The van der Waals surface area contributed by atoms with Crippen LogP contribution in [0.5, 0.6) is 0 Å². The zero-order valence-electron chi connectivity index (χ0n) is 13.9. The number of nitrogens with zero attached hydrogens (tertiary/aromatic N) is 1. The summed E-state index contributed by atoms with van der Waals surface area (Å²) in [6.07, 6.45) is 4.50. The van der Waals surface area contributed by atoms with Crippen molar-refractivity contribution in [2.75, 3.05) is 26.8 Å². The van der Waals surface area contributed by atoms with Crippen molar-refractivity contribution in [3.8, 4) is 0 Å². The fraction of sp³-hybridized carbons (Fsp3) is 0.875. The molecular formula is C16H30N2O3. The molecule has 1 heterocycles. The maximum absolute atomic E-state index is 12.7. The lowest BCUT2D eigenvalue weighted by Gasteiger charge is -2.29. The Labute approximate surface area is 128 Å². The highest BCUT2D eigenvalue weighted by Gasteiger charge is 2.29. The minimum absolute atomic E-state index is 0.00555. The molecule has 122 valence electrons. The summed E-state index contributed by atoms with van der Waals surface area (Å²) in [5, 5.41) is 2.80. The lowest BCUT2D eigenvalue weighted by molar-refractivity contribution is -0.138. The molecular weight excluding hydrogens is 268 g/mol. The van der Waals surface area contributed by atoms with Gasteiger partial charge < -0.3 is 15.0 Å². The van der Waals surface area contributed by atoms with Crippen molar-refractivity contribution in [1.82, 2.24) is 10.2 Å². The van der Waals surface area contributed by atoms with E-state index in [0.717, 1.165) is 31.8 Å².